The van der Waals surface area contributed by atoms with Crippen LogP contribution in [-0.4, -0.2) is 17.6 Å². The van der Waals surface area contributed by atoms with E-state index in [1.54, 1.807) is 0 Å². The average Bonchev–Trinajstić information content (AvgIpc) is 2.12. The zero-order valence-electron chi connectivity index (χ0n) is 7.20. The second-order valence-corrected chi connectivity index (χ2v) is 4.34. The fourth-order valence-corrected chi connectivity index (χ4v) is 2.46. The van der Waals surface area contributed by atoms with E-state index in [-0.39, 0.29) is 0 Å². The lowest BCUT2D eigenvalue weighted by Crippen LogP contribution is -2.63. The van der Waals surface area contributed by atoms with Gasteiger partial charge in [0, 0.05) is 18.2 Å². The van der Waals surface area contributed by atoms with E-state index in [4.69, 9.17) is 11.6 Å². The second-order valence-electron chi connectivity index (χ2n) is 3.95. The Labute approximate surface area is 82.3 Å². The Morgan fingerprint density at radius 1 is 1.46 bits per heavy atom. The largest absolute Gasteiger partial charge is 0.313 e. The Morgan fingerprint density at radius 3 is 2.85 bits per heavy atom. The summed E-state index contributed by atoms with van der Waals surface area (Å²) >= 11 is 5.73. The van der Waals surface area contributed by atoms with E-state index in [0.29, 0.717) is 11.1 Å². The maximum Gasteiger partial charge on any atom is 0.129 e. The zero-order chi connectivity index (χ0) is 8.84. The van der Waals surface area contributed by atoms with E-state index in [1.807, 2.05) is 12.3 Å². The second kappa shape index (κ2) is 2.69. The molecule has 3 unspecified atom stereocenters. The first-order valence-electron chi connectivity index (χ1n) is 4.69. The number of rotatable bonds is 1. The van der Waals surface area contributed by atoms with E-state index >= 15 is 0 Å². The predicted octanol–water partition coefficient (Wildman–Crippen LogP) is 1.81. The molecular formula is C10H11ClN2. The Morgan fingerprint density at radius 2 is 2.38 bits per heavy atom. The maximum absolute atomic E-state index is 5.73. The normalized spacial score (nSPS) is 35.9. The molecule has 0 amide bonds. The first-order chi connectivity index (χ1) is 6.34. The summed E-state index contributed by atoms with van der Waals surface area (Å²) in [6, 6.07) is 4.70. The lowest BCUT2D eigenvalue weighted by Gasteiger charge is -2.54. The molecule has 2 nitrogen and oxygen atoms in total. The summed E-state index contributed by atoms with van der Waals surface area (Å²) in [5.41, 5.74) is 1.33. The summed E-state index contributed by atoms with van der Waals surface area (Å²) in [6.45, 7) is 1.21. The van der Waals surface area contributed by atoms with E-state index in [0.717, 1.165) is 12.0 Å². The van der Waals surface area contributed by atoms with Gasteiger partial charge in [-0.15, -0.1) is 0 Å². The molecule has 1 aromatic rings. The molecule has 3 rings (SSSR count). The molecule has 2 heterocycles. The van der Waals surface area contributed by atoms with Gasteiger partial charge in [-0.3, -0.25) is 0 Å². The highest BCUT2D eigenvalue weighted by Gasteiger charge is 2.47. The maximum atomic E-state index is 5.73. The Kier molecular flexibility index (Phi) is 1.61. The lowest BCUT2D eigenvalue weighted by atomic mass is 9.62. The number of nitrogens with one attached hydrogen (secondary N) is 1. The monoisotopic (exact) mass is 194 g/mol. The highest BCUT2D eigenvalue weighted by molar-refractivity contribution is 6.29. The smallest absolute Gasteiger partial charge is 0.129 e. The number of fused-ring (bicyclic) bond motifs is 1. The van der Waals surface area contributed by atoms with Gasteiger partial charge in [-0.2, -0.15) is 0 Å². The van der Waals surface area contributed by atoms with Crippen molar-refractivity contribution in [3.05, 3.63) is 29.0 Å². The van der Waals surface area contributed by atoms with Crippen molar-refractivity contribution in [1.29, 1.82) is 0 Å². The van der Waals surface area contributed by atoms with Crippen LogP contribution < -0.4 is 5.32 Å². The summed E-state index contributed by atoms with van der Waals surface area (Å²) in [7, 11) is 0. The van der Waals surface area contributed by atoms with Crippen LogP contribution in [-0.2, 0) is 0 Å². The van der Waals surface area contributed by atoms with Crippen LogP contribution in [0.4, 0.5) is 0 Å². The van der Waals surface area contributed by atoms with Crippen LogP contribution in [0.1, 0.15) is 17.9 Å². The summed E-state index contributed by atoms with van der Waals surface area (Å²) in [4.78, 5) is 4.10. The molecule has 1 aliphatic carbocycles. The number of hydrogen-bond donors (Lipinski definition) is 1. The third kappa shape index (κ3) is 1.09. The molecule has 3 heteroatoms. The topological polar surface area (TPSA) is 24.9 Å². The summed E-state index contributed by atoms with van der Waals surface area (Å²) in [5, 5.41) is 4.03. The standard InChI is InChI=1S/C10H11ClN2/c11-9-2-1-6(4-12-9)8-3-7-5-13-10(7)8/h1-2,4,7-8,10,13H,3,5H2. The number of piperidine rings is 1. The first kappa shape index (κ1) is 7.77. The van der Waals surface area contributed by atoms with Crippen molar-refractivity contribution in [2.75, 3.05) is 6.54 Å². The summed E-state index contributed by atoms with van der Waals surface area (Å²) < 4.78 is 0. The number of nitrogens with zero attached hydrogens (tertiary/aromatic N) is 1. The molecular weight excluding hydrogens is 184 g/mol. The van der Waals surface area contributed by atoms with Crippen molar-refractivity contribution in [2.45, 2.75) is 18.4 Å². The number of aromatic nitrogens is 1. The van der Waals surface area contributed by atoms with Gasteiger partial charge in [-0.1, -0.05) is 17.7 Å². The Balaban J connectivity index is 1.81. The Bertz CT molecular complexity index is 322. The molecule has 2 aliphatic rings. The van der Waals surface area contributed by atoms with Gasteiger partial charge in [0.15, 0.2) is 0 Å². The summed E-state index contributed by atoms with van der Waals surface area (Å²) in [5.74, 6) is 1.61. The van der Waals surface area contributed by atoms with Gasteiger partial charge >= 0.3 is 0 Å². The quantitative estimate of drug-likeness (QED) is 0.690. The van der Waals surface area contributed by atoms with Gasteiger partial charge in [-0.25, -0.2) is 4.98 Å². The van der Waals surface area contributed by atoms with Gasteiger partial charge < -0.3 is 5.32 Å². The fraction of sp³-hybridized carbons (Fsp3) is 0.500. The number of hydrogen-bond acceptors (Lipinski definition) is 2. The van der Waals surface area contributed by atoms with E-state index in [1.165, 1.54) is 18.5 Å². The minimum absolute atomic E-state index is 0.584. The fourth-order valence-electron chi connectivity index (χ4n) is 2.35. The highest BCUT2D eigenvalue weighted by Crippen LogP contribution is 2.45. The molecule has 0 spiro atoms. The van der Waals surface area contributed by atoms with Gasteiger partial charge in [0.05, 0.1) is 0 Å². The van der Waals surface area contributed by atoms with Gasteiger partial charge in [0.2, 0.25) is 0 Å². The lowest BCUT2D eigenvalue weighted by molar-refractivity contribution is 0.0765. The van der Waals surface area contributed by atoms with Crippen LogP contribution in [0, 0.1) is 5.92 Å². The van der Waals surface area contributed by atoms with Crippen molar-refractivity contribution in [2.24, 2.45) is 5.92 Å². The van der Waals surface area contributed by atoms with Crippen LogP contribution >= 0.6 is 11.6 Å². The van der Waals surface area contributed by atoms with Crippen molar-refractivity contribution in [1.82, 2.24) is 10.3 Å². The van der Waals surface area contributed by atoms with Crippen LogP contribution in [0.5, 0.6) is 0 Å². The average molecular weight is 195 g/mol. The predicted molar refractivity (Wildman–Crippen MR) is 51.9 cm³/mol. The SMILES string of the molecule is Clc1ccc(C2CC3CNC32)cn1. The van der Waals surface area contributed by atoms with Crippen molar-refractivity contribution in [3.8, 4) is 0 Å². The van der Waals surface area contributed by atoms with Gasteiger partial charge in [0.25, 0.3) is 0 Å². The molecule has 1 aromatic heterocycles. The summed E-state index contributed by atoms with van der Waals surface area (Å²) in [6.07, 6.45) is 3.23. The minimum atomic E-state index is 0.584. The van der Waals surface area contributed by atoms with E-state index in [2.05, 4.69) is 16.4 Å². The molecule has 1 aliphatic heterocycles. The molecule has 3 atom stereocenters. The van der Waals surface area contributed by atoms with Crippen molar-refractivity contribution < 1.29 is 0 Å². The van der Waals surface area contributed by atoms with Crippen molar-refractivity contribution in [3.63, 3.8) is 0 Å². The molecule has 1 saturated heterocycles. The molecule has 13 heavy (non-hydrogen) atoms. The molecule has 68 valence electrons. The molecule has 1 saturated carbocycles. The van der Waals surface area contributed by atoms with Crippen LogP contribution in [0.25, 0.3) is 0 Å². The molecule has 0 aromatic carbocycles. The van der Waals surface area contributed by atoms with E-state index in [9.17, 15) is 0 Å². The van der Waals surface area contributed by atoms with Crippen LogP contribution in [0.15, 0.2) is 18.3 Å². The van der Waals surface area contributed by atoms with E-state index < -0.39 is 0 Å². The third-order valence-electron chi connectivity index (χ3n) is 3.29. The number of halogens is 1. The molecule has 0 radical (unpaired) electrons. The first-order valence-corrected chi connectivity index (χ1v) is 5.07. The highest BCUT2D eigenvalue weighted by atomic mass is 35.5. The molecule has 2 fully saturated rings. The van der Waals surface area contributed by atoms with Crippen LogP contribution in [0.3, 0.4) is 0 Å². The number of pyridine rings is 1. The zero-order valence-corrected chi connectivity index (χ0v) is 7.96. The minimum Gasteiger partial charge on any atom is -0.313 e. The van der Waals surface area contributed by atoms with Gasteiger partial charge in [0.1, 0.15) is 5.15 Å². The van der Waals surface area contributed by atoms with Gasteiger partial charge in [-0.05, 0) is 30.5 Å². The Hall–Kier alpha value is -0.600. The van der Waals surface area contributed by atoms with Crippen molar-refractivity contribution >= 4 is 11.6 Å². The van der Waals surface area contributed by atoms with Crippen LogP contribution in [0.2, 0.25) is 5.15 Å². The molecule has 0 bridgehead atoms. The molecule has 1 N–H and O–H groups in total. The third-order valence-corrected chi connectivity index (χ3v) is 3.52.